The maximum Gasteiger partial charge on any atom is 0.261 e. The van der Waals surface area contributed by atoms with E-state index in [-0.39, 0.29) is 17.3 Å². The molecule has 1 aliphatic heterocycles. The smallest absolute Gasteiger partial charge is 0.261 e. The number of carbonyl (C=O) groups excluding carboxylic acids is 2. The van der Waals surface area contributed by atoms with Gasteiger partial charge in [-0.25, -0.2) is 0 Å². The SMILES string of the molecule is COC(CCN1C(=O)c2ccccc2C1=O)Sc1ccc(C)cc1. The summed E-state index contributed by atoms with van der Waals surface area (Å²) in [6.07, 6.45) is 0.584. The number of hydrogen-bond acceptors (Lipinski definition) is 4. The molecule has 0 aliphatic carbocycles. The Morgan fingerprint density at radius 2 is 1.58 bits per heavy atom. The quantitative estimate of drug-likeness (QED) is 0.456. The largest absolute Gasteiger partial charge is 0.370 e. The molecular weight excluding hydrogens is 322 g/mol. The van der Waals surface area contributed by atoms with Gasteiger partial charge < -0.3 is 4.74 Å². The number of methoxy groups -OCH3 is 1. The van der Waals surface area contributed by atoms with Crippen LogP contribution in [0, 0.1) is 6.92 Å². The van der Waals surface area contributed by atoms with E-state index in [9.17, 15) is 9.59 Å². The number of nitrogens with zero attached hydrogens (tertiary/aromatic N) is 1. The van der Waals surface area contributed by atoms with Gasteiger partial charge >= 0.3 is 0 Å². The van der Waals surface area contributed by atoms with Gasteiger partial charge in [-0.3, -0.25) is 14.5 Å². The lowest BCUT2D eigenvalue weighted by molar-refractivity contribution is 0.0631. The minimum absolute atomic E-state index is 0.114. The van der Waals surface area contributed by atoms with E-state index in [0.29, 0.717) is 24.1 Å². The molecule has 0 saturated heterocycles. The highest BCUT2D eigenvalue weighted by Crippen LogP contribution is 2.28. The lowest BCUT2D eigenvalue weighted by atomic mass is 10.1. The first-order valence-corrected chi connectivity index (χ1v) is 8.69. The molecule has 5 heteroatoms. The zero-order chi connectivity index (χ0) is 17.1. The van der Waals surface area contributed by atoms with Crippen LogP contribution < -0.4 is 0 Å². The Labute approximate surface area is 145 Å². The second-order valence-electron chi connectivity index (χ2n) is 5.69. The van der Waals surface area contributed by atoms with Crippen LogP contribution in [0.2, 0.25) is 0 Å². The summed E-state index contributed by atoms with van der Waals surface area (Å²) in [6, 6.07) is 15.2. The second-order valence-corrected chi connectivity index (χ2v) is 6.93. The van der Waals surface area contributed by atoms with Crippen LogP contribution in [0.5, 0.6) is 0 Å². The number of fused-ring (bicyclic) bond motifs is 1. The van der Waals surface area contributed by atoms with Crippen molar-refractivity contribution in [3.63, 3.8) is 0 Å². The summed E-state index contributed by atoms with van der Waals surface area (Å²) in [7, 11) is 1.65. The number of ether oxygens (including phenoxy) is 1. The first-order chi connectivity index (χ1) is 11.6. The van der Waals surface area contributed by atoms with Gasteiger partial charge in [-0.05, 0) is 31.2 Å². The monoisotopic (exact) mass is 341 g/mol. The average Bonchev–Trinajstić information content (AvgIpc) is 2.85. The van der Waals surface area contributed by atoms with Gasteiger partial charge in [0.05, 0.1) is 11.1 Å². The maximum absolute atomic E-state index is 12.4. The summed E-state index contributed by atoms with van der Waals surface area (Å²) in [5, 5.41) is 0. The van der Waals surface area contributed by atoms with Crippen molar-refractivity contribution in [1.82, 2.24) is 4.90 Å². The molecule has 2 aromatic carbocycles. The van der Waals surface area contributed by atoms with E-state index in [1.807, 2.05) is 19.1 Å². The highest BCUT2D eigenvalue weighted by atomic mass is 32.2. The predicted molar refractivity (Wildman–Crippen MR) is 94.3 cm³/mol. The molecule has 0 radical (unpaired) electrons. The number of hydrogen-bond donors (Lipinski definition) is 0. The van der Waals surface area contributed by atoms with E-state index < -0.39 is 0 Å². The molecule has 0 aromatic heterocycles. The predicted octanol–water partition coefficient (Wildman–Crippen LogP) is 3.75. The normalized spacial score (nSPS) is 14.8. The van der Waals surface area contributed by atoms with Crippen molar-refractivity contribution >= 4 is 23.6 Å². The topological polar surface area (TPSA) is 46.6 Å². The summed E-state index contributed by atoms with van der Waals surface area (Å²) < 4.78 is 5.51. The lowest BCUT2D eigenvalue weighted by Crippen LogP contribution is -2.32. The number of benzene rings is 2. The Bertz CT molecular complexity index is 722. The Kier molecular flexibility index (Phi) is 5.02. The molecule has 4 nitrogen and oxygen atoms in total. The minimum Gasteiger partial charge on any atom is -0.370 e. The van der Waals surface area contributed by atoms with Crippen molar-refractivity contribution in [1.29, 1.82) is 0 Å². The molecule has 1 atom stereocenters. The summed E-state index contributed by atoms with van der Waals surface area (Å²) in [4.78, 5) is 27.1. The maximum atomic E-state index is 12.4. The first kappa shape index (κ1) is 16.7. The Morgan fingerprint density at radius 3 is 2.12 bits per heavy atom. The Morgan fingerprint density at radius 1 is 1.00 bits per heavy atom. The zero-order valence-electron chi connectivity index (χ0n) is 13.7. The standard InChI is InChI=1S/C19H19NO3S/c1-13-7-9-14(10-8-13)24-17(23-2)11-12-20-18(21)15-5-3-4-6-16(15)19(20)22/h3-10,17H,11-12H2,1-2H3. The fourth-order valence-corrected chi connectivity index (χ4v) is 3.59. The molecule has 0 N–H and O–H groups in total. The van der Waals surface area contributed by atoms with E-state index in [1.165, 1.54) is 10.5 Å². The van der Waals surface area contributed by atoms with E-state index in [1.54, 1.807) is 43.1 Å². The first-order valence-electron chi connectivity index (χ1n) is 7.81. The van der Waals surface area contributed by atoms with Crippen molar-refractivity contribution in [3.05, 3.63) is 65.2 Å². The van der Waals surface area contributed by atoms with Crippen LogP contribution in [0.25, 0.3) is 0 Å². The molecule has 1 heterocycles. The molecule has 0 spiro atoms. The van der Waals surface area contributed by atoms with Crippen LogP contribution in [0.4, 0.5) is 0 Å². The molecular formula is C19H19NO3S. The van der Waals surface area contributed by atoms with Gasteiger partial charge in [-0.1, -0.05) is 41.6 Å². The number of aryl methyl sites for hydroxylation is 1. The van der Waals surface area contributed by atoms with Crippen molar-refractivity contribution in [2.24, 2.45) is 0 Å². The molecule has 3 rings (SSSR count). The summed E-state index contributed by atoms with van der Waals surface area (Å²) >= 11 is 1.60. The van der Waals surface area contributed by atoms with Gasteiger partial charge in [0.1, 0.15) is 5.44 Å². The Hall–Kier alpha value is -2.11. The van der Waals surface area contributed by atoms with E-state index in [0.717, 1.165) is 4.90 Å². The number of carbonyl (C=O) groups is 2. The fraction of sp³-hybridized carbons (Fsp3) is 0.263. The third-order valence-electron chi connectivity index (χ3n) is 4.02. The van der Waals surface area contributed by atoms with Crippen LogP contribution in [0.15, 0.2) is 53.4 Å². The zero-order valence-corrected chi connectivity index (χ0v) is 14.5. The molecule has 0 saturated carbocycles. The van der Waals surface area contributed by atoms with Crippen LogP contribution in [-0.2, 0) is 4.74 Å². The Balaban J connectivity index is 1.63. The molecule has 1 aliphatic rings. The molecule has 0 fully saturated rings. The van der Waals surface area contributed by atoms with Gasteiger partial charge in [0.25, 0.3) is 11.8 Å². The number of amides is 2. The van der Waals surface area contributed by atoms with Gasteiger partial charge in [-0.15, -0.1) is 0 Å². The molecule has 2 amide bonds. The van der Waals surface area contributed by atoms with Crippen molar-refractivity contribution in [2.45, 2.75) is 23.7 Å². The van der Waals surface area contributed by atoms with Crippen LogP contribution in [0.1, 0.15) is 32.7 Å². The molecule has 0 bridgehead atoms. The molecule has 2 aromatic rings. The number of imide groups is 1. The average molecular weight is 341 g/mol. The van der Waals surface area contributed by atoms with Crippen LogP contribution in [0.3, 0.4) is 0 Å². The molecule has 1 unspecified atom stereocenters. The van der Waals surface area contributed by atoms with E-state index in [2.05, 4.69) is 12.1 Å². The lowest BCUT2D eigenvalue weighted by Gasteiger charge is -2.19. The van der Waals surface area contributed by atoms with E-state index >= 15 is 0 Å². The number of thioether (sulfide) groups is 1. The van der Waals surface area contributed by atoms with Crippen molar-refractivity contribution < 1.29 is 14.3 Å². The second kappa shape index (κ2) is 7.20. The molecule has 24 heavy (non-hydrogen) atoms. The van der Waals surface area contributed by atoms with Gasteiger partial charge in [0.15, 0.2) is 0 Å². The van der Waals surface area contributed by atoms with Gasteiger partial charge in [0, 0.05) is 25.0 Å². The van der Waals surface area contributed by atoms with Crippen molar-refractivity contribution in [2.75, 3.05) is 13.7 Å². The fourth-order valence-electron chi connectivity index (χ4n) is 2.67. The third-order valence-corrected chi connectivity index (χ3v) is 5.25. The highest BCUT2D eigenvalue weighted by Gasteiger charge is 2.35. The summed E-state index contributed by atoms with van der Waals surface area (Å²) in [6.45, 7) is 2.40. The van der Waals surface area contributed by atoms with Crippen LogP contribution in [-0.4, -0.2) is 35.8 Å². The van der Waals surface area contributed by atoms with Gasteiger partial charge in [-0.2, -0.15) is 0 Å². The van der Waals surface area contributed by atoms with Crippen LogP contribution >= 0.6 is 11.8 Å². The highest BCUT2D eigenvalue weighted by molar-refractivity contribution is 7.99. The van der Waals surface area contributed by atoms with Crippen molar-refractivity contribution in [3.8, 4) is 0 Å². The summed E-state index contributed by atoms with van der Waals surface area (Å²) in [5.41, 5.74) is 2.07. The summed E-state index contributed by atoms with van der Waals surface area (Å²) in [5.74, 6) is -0.434. The minimum atomic E-state index is -0.217. The molecule has 124 valence electrons. The number of rotatable bonds is 6. The van der Waals surface area contributed by atoms with E-state index in [4.69, 9.17) is 4.74 Å². The van der Waals surface area contributed by atoms with Gasteiger partial charge in [0.2, 0.25) is 0 Å². The third kappa shape index (κ3) is 3.37.